The number of rotatable bonds is 6. The van der Waals surface area contributed by atoms with Crippen molar-refractivity contribution in [2.45, 2.75) is 37.9 Å². The first-order valence-electron chi connectivity index (χ1n) is 9.80. The van der Waals surface area contributed by atoms with E-state index in [2.05, 4.69) is 21.8 Å². The molecule has 1 aromatic carbocycles. The zero-order valence-electron chi connectivity index (χ0n) is 17.3. The van der Waals surface area contributed by atoms with E-state index in [0.29, 0.717) is 11.7 Å². The number of carbonyl (C=O) groups is 1. The molecule has 0 aliphatic carbocycles. The van der Waals surface area contributed by atoms with Crippen molar-refractivity contribution >= 4 is 23.4 Å². The van der Waals surface area contributed by atoms with Crippen LogP contribution in [0.15, 0.2) is 40.3 Å². The number of nitrogens with one attached hydrogen (secondary N) is 1. The molecule has 1 aromatic heterocycles. The van der Waals surface area contributed by atoms with Crippen LogP contribution in [0.1, 0.15) is 32.4 Å². The Hall–Kier alpha value is -2.48. The van der Waals surface area contributed by atoms with Gasteiger partial charge in [-0.05, 0) is 25.0 Å². The second-order valence-corrected chi connectivity index (χ2v) is 8.44. The van der Waals surface area contributed by atoms with Crippen molar-refractivity contribution in [3.63, 3.8) is 0 Å². The van der Waals surface area contributed by atoms with Crippen molar-refractivity contribution in [3.05, 3.63) is 46.4 Å². The molecular formula is C21H28N4O3S. The molecule has 1 amide bonds. The van der Waals surface area contributed by atoms with Crippen LogP contribution in [0.4, 0.5) is 5.69 Å². The van der Waals surface area contributed by atoms with Gasteiger partial charge in [0.25, 0.3) is 5.56 Å². The summed E-state index contributed by atoms with van der Waals surface area (Å²) in [6.07, 6.45) is 0. The van der Waals surface area contributed by atoms with Gasteiger partial charge in [-0.2, -0.15) is 0 Å². The van der Waals surface area contributed by atoms with Crippen LogP contribution in [-0.4, -0.2) is 59.3 Å². The molecule has 3 rings (SSSR count). The molecule has 1 atom stereocenters. The number of piperazine rings is 1. The number of ether oxygens (including phenoxy) is 1. The molecule has 7 nitrogen and oxygen atoms in total. The molecule has 1 saturated heterocycles. The highest BCUT2D eigenvalue weighted by Crippen LogP contribution is 2.29. The fraction of sp³-hybridized carbons (Fsp3) is 0.476. The Morgan fingerprint density at radius 3 is 2.79 bits per heavy atom. The number of methoxy groups -OCH3 is 1. The van der Waals surface area contributed by atoms with Crippen molar-refractivity contribution in [1.29, 1.82) is 0 Å². The minimum Gasteiger partial charge on any atom is -0.495 e. The van der Waals surface area contributed by atoms with Gasteiger partial charge < -0.3 is 19.5 Å². The lowest BCUT2D eigenvalue weighted by Gasteiger charge is -2.41. The predicted octanol–water partition coefficient (Wildman–Crippen LogP) is 2.73. The quantitative estimate of drug-likeness (QED) is 0.576. The number of thioether (sulfide) groups is 1. The zero-order chi connectivity index (χ0) is 21.0. The van der Waals surface area contributed by atoms with E-state index in [1.807, 2.05) is 43.0 Å². The van der Waals surface area contributed by atoms with Gasteiger partial charge in [0.2, 0.25) is 5.91 Å². The third-order valence-electron chi connectivity index (χ3n) is 5.04. The van der Waals surface area contributed by atoms with E-state index in [1.165, 1.54) is 17.8 Å². The fourth-order valence-electron chi connectivity index (χ4n) is 3.47. The number of amides is 1. The summed E-state index contributed by atoms with van der Waals surface area (Å²) in [6.45, 7) is 8.18. The Labute approximate surface area is 175 Å². The first-order valence-corrected chi connectivity index (χ1v) is 10.8. The lowest BCUT2D eigenvalue weighted by molar-refractivity contribution is -0.130. The molecular weight excluding hydrogens is 388 g/mol. The first-order chi connectivity index (χ1) is 13.9. The number of hydrogen-bond donors (Lipinski definition) is 1. The van der Waals surface area contributed by atoms with E-state index >= 15 is 0 Å². The summed E-state index contributed by atoms with van der Waals surface area (Å²) in [5.74, 6) is 1.31. The number of H-pyrrole nitrogens is 1. The van der Waals surface area contributed by atoms with Gasteiger partial charge >= 0.3 is 0 Å². The molecule has 1 unspecified atom stereocenters. The maximum atomic E-state index is 12.8. The van der Waals surface area contributed by atoms with Crippen LogP contribution in [0.3, 0.4) is 0 Å². The molecule has 0 bridgehead atoms. The monoisotopic (exact) mass is 416 g/mol. The second kappa shape index (κ2) is 9.35. The molecule has 2 heterocycles. The van der Waals surface area contributed by atoms with Gasteiger partial charge in [0, 0.05) is 31.7 Å². The third-order valence-corrected chi connectivity index (χ3v) is 5.90. The van der Waals surface area contributed by atoms with E-state index in [-0.39, 0.29) is 29.2 Å². The minimum absolute atomic E-state index is 0.0553. The largest absolute Gasteiger partial charge is 0.495 e. The van der Waals surface area contributed by atoms with Crippen LogP contribution in [0, 0.1) is 0 Å². The summed E-state index contributed by atoms with van der Waals surface area (Å²) in [5, 5.41) is 0.495. The molecule has 1 aliphatic rings. The minimum atomic E-state index is -0.183. The fourth-order valence-corrected chi connectivity index (χ4v) is 4.24. The van der Waals surface area contributed by atoms with E-state index < -0.39 is 0 Å². The molecule has 8 heteroatoms. The van der Waals surface area contributed by atoms with Crippen molar-refractivity contribution in [2.24, 2.45) is 0 Å². The molecule has 1 aliphatic heterocycles. The smallest absolute Gasteiger partial charge is 0.251 e. The van der Waals surface area contributed by atoms with Crippen LogP contribution in [0.2, 0.25) is 0 Å². The summed E-state index contributed by atoms with van der Waals surface area (Å²) >= 11 is 1.28. The van der Waals surface area contributed by atoms with E-state index in [9.17, 15) is 9.59 Å². The Morgan fingerprint density at radius 2 is 2.10 bits per heavy atom. The van der Waals surface area contributed by atoms with Crippen LogP contribution >= 0.6 is 11.8 Å². The number of aromatic amines is 1. The zero-order valence-corrected chi connectivity index (χ0v) is 18.2. The van der Waals surface area contributed by atoms with Crippen molar-refractivity contribution in [2.75, 3.05) is 37.4 Å². The van der Waals surface area contributed by atoms with E-state index in [4.69, 9.17) is 4.74 Å². The van der Waals surface area contributed by atoms with Crippen LogP contribution < -0.4 is 15.2 Å². The molecule has 156 valence electrons. The maximum absolute atomic E-state index is 12.8. The molecule has 29 heavy (non-hydrogen) atoms. The number of carbonyl (C=O) groups excluding carboxylic acids is 1. The molecule has 0 spiro atoms. The number of benzene rings is 1. The number of hydrogen-bond acceptors (Lipinski definition) is 6. The maximum Gasteiger partial charge on any atom is 0.251 e. The van der Waals surface area contributed by atoms with Gasteiger partial charge in [0.1, 0.15) is 5.75 Å². The molecule has 0 radical (unpaired) electrons. The van der Waals surface area contributed by atoms with E-state index in [1.54, 1.807) is 7.11 Å². The Balaban J connectivity index is 1.61. The first kappa shape index (κ1) is 21.2. The molecule has 1 N–H and O–H groups in total. The highest BCUT2D eigenvalue weighted by atomic mass is 32.2. The SMILES string of the molecule is COc1ccccc1N1CCN(C(=O)CSc2nc(C(C)C)cc(=O)[nH]2)C(C)C1. The standard InChI is InChI=1S/C21H28N4O3S/c1-14(2)16-11-19(26)23-21(22-16)29-13-20(27)25-10-9-24(12-15(25)3)17-7-5-6-8-18(17)28-4/h5-8,11,14-15H,9-10,12-13H2,1-4H3,(H,22,23,26). The highest BCUT2D eigenvalue weighted by molar-refractivity contribution is 7.99. The lowest BCUT2D eigenvalue weighted by atomic mass is 10.1. The van der Waals surface area contributed by atoms with Crippen LogP contribution in [-0.2, 0) is 4.79 Å². The van der Waals surface area contributed by atoms with Gasteiger partial charge in [-0.1, -0.05) is 37.7 Å². The second-order valence-electron chi connectivity index (χ2n) is 7.47. The lowest BCUT2D eigenvalue weighted by Crippen LogP contribution is -2.54. The van der Waals surface area contributed by atoms with Crippen molar-refractivity contribution in [1.82, 2.24) is 14.9 Å². The highest BCUT2D eigenvalue weighted by Gasteiger charge is 2.28. The Bertz CT molecular complexity index is 915. The van der Waals surface area contributed by atoms with Gasteiger partial charge in [-0.3, -0.25) is 9.59 Å². The number of aromatic nitrogens is 2. The van der Waals surface area contributed by atoms with Gasteiger partial charge in [-0.25, -0.2) is 4.98 Å². The topological polar surface area (TPSA) is 78.5 Å². The normalized spacial score (nSPS) is 16.9. The number of para-hydroxylation sites is 2. The van der Waals surface area contributed by atoms with Gasteiger partial charge in [-0.15, -0.1) is 0 Å². The number of nitrogens with zero attached hydrogens (tertiary/aromatic N) is 3. The van der Waals surface area contributed by atoms with Gasteiger partial charge in [0.15, 0.2) is 5.16 Å². The van der Waals surface area contributed by atoms with Crippen molar-refractivity contribution in [3.8, 4) is 5.75 Å². The number of anilines is 1. The van der Waals surface area contributed by atoms with Crippen LogP contribution in [0.25, 0.3) is 0 Å². The Kier molecular flexibility index (Phi) is 6.84. The average Bonchev–Trinajstić information content (AvgIpc) is 2.71. The van der Waals surface area contributed by atoms with Gasteiger partial charge in [0.05, 0.1) is 24.2 Å². The summed E-state index contributed by atoms with van der Waals surface area (Å²) in [7, 11) is 1.67. The summed E-state index contributed by atoms with van der Waals surface area (Å²) in [6, 6.07) is 9.53. The molecule has 0 saturated carbocycles. The van der Waals surface area contributed by atoms with E-state index in [0.717, 1.165) is 30.2 Å². The summed E-state index contributed by atoms with van der Waals surface area (Å²) < 4.78 is 5.47. The average molecular weight is 417 g/mol. The van der Waals surface area contributed by atoms with Crippen molar-refractivity contribution < 1.29 is 9.53 Å². The third kappa shape index (κ3) is 5.12. The predicted molar refractivity (Wildman–Crippen MR) is 116 cm³/mol. The Morgan fingerprint density at radius 1 is 1.34 bits per heavy atom. The van der Waals surface area contributed by atoms with Crippen LogP contribution in [0.5, 0.6) is 5.75 Å². The summed E-state index contributed by atoms with van der Waals surface area (Å²) in [4.78, 5) is 35.9. The molecule has 1 fully saturated rings. The molecule has 2 aromatic rings. The summed E-state index contributed by atoms with van der Waals surface area (Å²) in [5.41, 5.74) is 1.61.